The van der Waals surface area contributed by atoms with Crippen LogP contribution in [0, 0.1) is 5.92 Å². The van der Waals surface area contributed by atoms with Crippen LogP contribution in [0.3, 0.4) is 0 Å². The van der Waals surface area contributed by atoms with Gasteiger partial charge in [-0.3, -0.25) is 4.79 Å². The monoisotopic (exact) mass is 327 g/mol. The van der Waals surface area contributed by atoms with Crippen LogP contribution in [0.15, 0.2) is 29.2 Å². The Bertz CT molecular complexity index is 614. The van der Waals surface area contributed by atoms with Gasteiger partial charge in [0.05, 0.1) is 11.5 Å². The zero-order valence-corrected chi connectivity index (χ0v) is 13.3. The van der Waals surface area contributed by atoms with Gasteiger partial charge in [0.25, 0.3) is 5.91 Å². The molecule has 1 saturated heterocycles. The molecule has 0 saturated carbocycles. The number of methoxy groups -OCH3 is 1. The first-order valence-corrected chi connectivity index (χ1v) is 8.59. The van der Waals surface area contributed by atoms with Gasteiger partial charge in [0.2, 0.25) is 10.0 Å². The third-order valence-electron chi connectivity index (χ3n) is 3.42. The summed E-state index contributed by atoms with van der Waals surface area (Å²) in [6.07, 6.45) is 0. The van der Waals surface area contributed by atoms with E-state index in [0.717, 1.165) is 13.1 Å². The molecule has 7 nitrogen and oxygen atoms in total. The molecule has 0 bridgehead atoms. The predicted molar refractivity (Wildman–Crippen MR) is 82.2 cm³/mol. The van der Waals surface area contributed by atoms with Gasteiger partial charge in [-0.05, 0) is 18.2 Å². The average molecular weight is 327 g/mol. The normalized spacial score (nSPS) is 15.3. The van der Waals surface area contributed by atoms with Crippen LogP contribution in [0.5, 0.6) is 0 Å². The zero-order valence-electron chi connectivity index (χ0n) is 12.5. The standard InChI is InChI=1S/C14H21N3O4S/c1-21-6-5-17-22(19,20)13-4-2-3-12(7-13)14(18)16-10-11-8-15-9-11/h2-4,7,11,15,17H,5-6,8-10H2,1H3,(H,16,18). The van der Waals surface area contributed by atoms with Gasteiger partial charge >= 0.3 is 0 Å². The van der Waals surface area contributed by atoms with Crippen molar-refractivity contribution < 1.29 is 17.9 Å². The van der Waals surface area contributed by atoms with E-state index in [4.69, 9.17) is 4.74 Å². The van der Waals surface area contributed by atoms with Gasteiger partial charge in [-0.1, -0.05) is 6.07 Å². The van der Waals surface area contributed by atoms with Gasteiger partial charge in [0.15, 0.2) is 0 Å². The Kier molecular flexibility index (Phi) is 5.90. The minimum atomic E-state index is -3.63. The summed E-state index contributed by atoms with van der Waals surface area (Å²) >= 11 is 0. The molecule has 122 valence electrons. The number of benzene rings is 1. The Balaban J connectivity index is 2.00. The number of carbonyl (C=O) groups is 1. The number of hydrogen-bond acceptors (Lipinski definition) is 5. The van der Waals surface area contributed by atoms with Crippen molar-refractivity contribution in [2.24, 2.45) is 5.92 Å². The fraction of sp³-hybridized carbons (Fsp3) is 0.500. The Morgan fingerprint density at radius 2 is 2.18 bits per heavy atom. The lowest BCUT2D eigenvalue weighted by Gasteiger charge is -2.27. The second-order valence-electron chi connectivity index (χ2n) is 5.15. The van der Waals surface area contributed by atoms with Crippen molar-refractivity contribution in [1.29, 1.82) is 0 Å². The molecule has 0 aliphatic carbocycles. The second kappa shape index (κ2) is 7.68. The highest BCUT2D eigenvalue weighted by Crippen LogP contribution is 2.11. The van der Waals surface area contributed by atoms with Crippen molar-refractivity contribution in [1.82, 2.24) is 15.4 Å². The number of sulfonamides is 1. The minimum absolute atomic E-state index is 0.0709. The fourth-order valence-electron chi connectivity index (χ4n) is 2.00. The molecule has 0 atom stereocenters. The second-order valence-corrected chi connectivity index (χ2v) is 6.92. The van der Waals surface area contributed by atoms with Crippen LogP contribution in [0.25, 0.3) is 0 Å². The van der Waals surface area contributed by atoms with Gasteiger partial charge in [0.1, 0.15) is 0 Å². The smallest absolute Gasteiger partial charge is 0.251 e. The minimum Gasteiger partial charge on any atom is -0.383 e. The van der Waals surface area contributed by atoms with E-state index < -0.39 is 10.0 Å². The van der Waals surface area contributed by atoms with Crippen LogP contribution >= 0.6 is 0 Å². The molecule has 2 rings (SSSR count). The SMILES string of the molecule is COCCNS(=O)(=O)c1cccc(C(=O)NCC2CNC2)c1. The molecule has 1 amide bonds. The van der Waals surface area contributed by atoms with E-state index in [0.29, 0.717) is 18.0 Å². The van der Waals surface area contributed by atoms with Gasteiger partial charge in [-0.25, -0.2) is 13.1 Å². The van der Waals surface area contributed by atoms with Crippen LogP contribution < -0.4 is 15.4 Å². The van der Waals surface area contributed by atoms with Crippen LogP contribution in [0.1, 0.15) is 10.4 Å². The molecule has 1 aromatic rings. The first-order chi connectivity index (χ1) is 10.5. The predicted octanol–water partition coefficient (Wildman–Crippen LogP) is -0.439. The lowest BCUT2D eigenvalue weighted by molar-refractivity contribution is 0.0942. The molecule has 8 heteroatoms. The van der Waals surface area contributed by atoms with Gasteiger partial charge in [-0.2, -0.15) is 0 Å². The summed E-state index contributed by atoms with van der Waals surface area (Å²) in [5, 5.41) is 5.95. The van der Waals surface area contributed by atoms with Crippen LogP contribution in [0.4, 0.5) is 0 Å². The van der Waals surface area contributed by atoms with E-state index in [1.807, 2.05) is 0 Å². The zero-order chi connectivity index (χ0) is 16.0. The van der Waals surface area contributed by atoms with Crippen LogP contribution in [-0.2, 0) is 14.8 Å². The number of nitrogens with one attached hydrogen (secondary N) is 3. The maximum absolute atomic E-state index is 12.1. The van der Waals surface area contributed by atoms with E-state index in [9.17, 15) is 13.2 Å². The summed E-state index contributed by atoms with van der Waals surface area (Å²) in [6, 6.07) is 6.00. The number of rotatable bonds is 8. The maximum atomic E-state index is 12.1. The highest BCUT2D eigenvalue weighted by molar-refractivity contribution is 7.89. The lowest BCUT2D eigenvalue weighted by atomic mass is 10.0. The Hall–Kier alpha value is -1.48. The molecule has 0 spiro atoms. The average Bonchev–Trinajstić information content (AvgIpc) is 2.46. The molecule has 1 heterocycles. The number of ether oxygens (including phenoxy) is 1. The summed E-state index contributed by atoms with van der Waals surface area (Å²) in [5.41, 5.74) is 0.335. The summed E-state index contributed by atoms with van der Waals surface area (Å²) < 4.78 is 31.4. The topological polar surface area (TPSA) is 96.5 Å². The summed E-state index contributed by atoms with van der Waals surface area (Å²) in [6.45, 7) is 2.86. The van der Waals surface area contributed by atoms with E-state index in [1.54, 1.807) is 12.1 Å². The van der Waals surface area contributed by atoms with Crippen molar-refractivity contribution >= 4 is 15.9 Å². The maximum Gasteiger partial charge on any atom is 0.251 e. The van der Waals surface area contributed by atoms with Crippen LogP contribution in [0.2, 0.25) is 0 Å². The number of amides is 1. The van der Waals surface area contributed by atoms with Crippen molar-refractivity contribution in [3.8, 4) is 0 Å². The fourth-order valence-corrected chi connectivity index (χ4v) is 3.06. The van der Waals surface area contributed by atoms with Crippen LogP contribution in [-0.4, -0.2) is 54.2 Å². The number of carbonyl (C=O) groups excluding carboxylic acids is 1. The van der Waals surface area contributed by atoms with E-state index >= 15 is 0 Å². The highest BCUT2D eigenvalue weighted by atomic mass is 32.2. The summed E-state index contributed by atoms with van der Waals surface area (Å²) in [4.78, 5) is 12.1. The molecule has 1 aromatic carbocycles. The third-order valence-corrected chi connectivity index (χ3v) is 4.88. The number of hydrogen-bond donors (Lipinski definition) is 3. The van der Waals surface area contributed by atoms with Crippen molar-refractivity contribution in [2.75, 3.05) is 39.9 Å². The lowest BCUT2D eigenvalue weighted by Crippen LogP contribution is -2.48. The highest BCUT2D eigenvalue weighted by Gasteiger charge is 2.19. The molecule has 1 aliphatic heterocycles. The van der Waals surface area contributed by atoms with E-state index in [2.05, 4.69) is 15.4 Å². The molecule has 1 aliphatic rings. The van der Waals surface area contributed by atoms with Crippen molar-refractivity contribution in [2.45, 2.75) is 4.90 Å². The van der Waals surface area contributed by atoms with Gasteiger partial charge < -0.3 is 15.4 Å². The molecule has 1 fully saturated rings. The van der Waals surface area contributed by atoms with E-state index in [-0.39, 0.29) is 24.0 Å². The molecular weight excluding hydrogens is 306 g/mol. The Labute approximate surface area is 130 Å². The molecule has 0 radical (unpaired) electrons. The first-order valence-electron chi connectivity index (χ1n) is 7.10. The molecule has 0 unspecified atom stereocenters. The molecule has 0 aromatic heterocycles. The molecular formula is C14H21N3O4S. The quantitative estimate of drug-likeness (QED) is 0.563. The molecule has 3 N–H and O–H groups in total. The Morgan fingerprint density at radius 1 is 1.41 bits per heavy atom. The van der Waals surface area contributed by atoms with Crippen molar-refractivity contribution in [3.05, 3.63) is 29.8 Å². The summed E-state index contributed by atoms with van der Waals surface area (Å²) in [5.74, 6) is 0.187. The first kappa shape index (κ1) is 16.9. The van der Waals surface area contributed by atoms with Gasteiger partial charge in [-0.15, -0.1) is 0 Å². The Morgan fingerprint density at radius 3 is 2.82 bits per heavy atom. The molecule has 22 heavy (non-hydrogen) atoms. The largest absolute Gasteiger partial charge is 0.383 e. The van der Waals surface area contributed by atoms with Gasteiger partial charge in [0, 0.05) is 44.8 Å². The van der Waals surface area contributed by atoms with Crippen molar-refractivity contribution in [3.63, 3.8) is 0 Å². The summed E-state index contributed by atoms with van der Waals surface area (Å²) in [7, 11) is -2.14. The van der Waals surface area contributed by atoms with E-state index in [1.165, 1.54) is 19.2 Å². The third kappa shape index (κ3) is 4.51.